The van der Waals surface area contributed by atoms with E-state index in [1.54, 1.807) is 0 Å². The molecule has 2 heterocycles. The SMILES string of the molecule is N#CCC1(N2NC(Nc3ccc(C(F)(F)F)cc3)C3C(=O)NCCC32)CCC(O)CC1. The molecule has 1 aliphatic carbocycles. The second-order valence-electron chi connectivity index (χ2n) is 8.66. The van der Waals surface area contributed by atoms with E-state index in [0.29, 0.717) is 44.3 Å². The Labute approximate surface area is 178 Å². The van der Waals surface area contributed by atoms with Gasteiger partial charge in [-0.2, -0.15) is 18.4 Å². The predicted octanol–water partition coefficient (Wildman–Crippen LogP) is 2.36. The number of aliphatic hydroxyl groups is 1. The number of amides is 1. The molecule has 1 aromatic rings. The molecule has 4 N–H and O–H groups in total. The summed E-state index contributed by atoms with van der Waals surface area (Å²) < 4.78 is 38.6. The van der Waals surface area contributed by atoms with E-state index in [-0.39, 0.29) is 24.5 Å². The van der Waals surface area contributed by atoms with E-state index in [0.717, 1.165) is 12.1 Å². The predicted molar refractivity (Wildman–Crippen MR) is 106 cm³/mol. The van der Waals surface area contributed by atoms with Crippen molar-refractivity contribution in [3.05, 3.63) is 29.8 Å². The average Bonchev–Trinajstić information content (AvgIpc) is 3.10. The van der Waals surface area contributed by atoms with Crippen LogP contribution in [-0.2, 0) is 11.0 Å². The molecule has 3 fully saturated rings. The van der Waals surface area contributed by atoms with Gasteiger partial charge in [0.15, 0.2) is 0 Å². The number of benzene rings is 1. The Kier molecular flexibility index (Phi) is 5.85. The van der Waals surface area contributed by atoms with Gasteiger partial charge in [-0.05, 0) is 56.4 Å². The van der Waals surface area contributed by atoms with Crippen LogP contribution in [0.3, 0.4) is 0 Å². The lowest BCUT2D eigenvalue weighted by Crippen LogP contribution is -2.60. The van der Waals surface area contributed by atoms with Crippen LogP contribution in [0.1, 0.15) is 44.1 Å². The standard InChI is InChI=1S/C21H26F3N5O2/c22-21(23,24)13-1-3-14(4-2-13)27-18-17-16(7-12-26-19(17)31)29(28-18)20(10-11-25)8-5-15(30)6-9-20/h1-4,15-18,27-28,30H,5-10,12H2,(H,26,31). The van der Waals surface area contributed by atoms with Crippen LogP contribution in [0, 0.1) is 17.2 Å². The fourth-order valence-electron chi connectivity index (χ4n) is 5.14. The quantitative estimate of drug-likeness (QED) is 0.577. The molecule has 10 heteroatoms. The van der Waals surface area contributed by atoms with Crippen LogP contribution < -0.4 is 16.1 Å². The summed E-state index contributed by atoms with van der Waals surface area (Å²) >= 11 is 0. The maximum atomic E-state index is 12.9. The smallest absolute Gasteiger partial charge is 0.393 e. The van der Waals surface area contributed by atoms with Crippen LogP contribution in [0.4, 0.5) is 18.9 Å². The second kappa shape index (κ2) is 8.30. The van der Waals surface area contributed by atoms with Gasteiger partial charge >= 0.3 is 6.18 Å². The molecule has 1 amide bonds. The Balaban J connectivity index is 1.59. The molecule has 4 rings (SSSR count). The number of nitrogens with one attached hydrogen (secondary N) is 3. The van der Waals surface area contributed by atoms with Crippen molar-refractivity contribution in [2.24, 2.45) is 5.92 Å². The van der Waals surface area contributed by atoms with Gasteiger partial charge in [-0.15, -0.1) is 0 Å². The van der Waals surface area contributed by atoms with E-state index in [4.69, 9.17) is 0 Å². The van der Waals surface area contributed by atoms with Gasteiger partial charge in [0.25, 0.3) is 0 Å². The van der Waals surface area contributed by atoms with Crippen molar-refractivity contribution < 1.29 is 23.1 Å². The molecule has 1 aromatic carbocycles. The number of halogens is 3. The van der Waals surface area contributed by atoms with Gasteiger partial charge in [0.05, 0.1) is 30.1 Å². The third-order valence-corrected chi connectivity index (χ3v) is 6.76. The van der Waals surface area contributed by atoms with Gasteiger partial charge in [0, 0.05) is 23.8 Å². The second-order valence-corrected chi connectivity index (χ2v) is 8.66. The van der Waals surface area contributed by atoms with Gasteiger partial charge in [-0.1, -0.05) is 0 Å². The summed E-state index contributed by atoms with van der Waals surface area (Å²) in [4.78, 5) is 12.7. The maximum Gasteiger partial charge on any atom is 0.416 e. The number of anilines is 1. The van der Waals surface area contributed by atoms with Crippen LogP contribution >= 0.6 is 0 Å². The third-order valence-electron chi connectivity index (χ3n) is 6.76. The normalized spacial score (nSPS) is 34.0. The minimum atomic E-state index is -4.41. The number of nitrogens with zero attached hydrogens (tertiary/aromatic N) is 2. The minimum Gasteiger partial charge on any atom is -0.393 e. The van der Waals surface area contributed by atoms with Crippen molar-refractivity contribution in [2.75, 3.05) is 11.9 Å². The van der Waals surface area contributed by atoms with Gasteiger partial charge < -0.3 is 15.7 Å². The number of fused-ring (bicyclic) bond motifs is 1. The van der Waals surface area contributed by atoms with Crippen molar-refractivity contribution in [3.63, 3.8) is 0 Å². The van der Waals surface area contributed by atoms with Crippen molar-refractivity contribution in [2.45, 2.75) is 68.6 Å². The first kappa shape index (κ1) is 21.9. The summed E-state index contributed by atoms with van der Waals surface area (Å²) in [6.45, 7) is 0.524. The molecule has 0 bridgehead atoms. The highest BCUT2D eigenvalue weighted by molar-refractivity contribution is 5.82. The lowest BCUT2D eigenvalue weighted by molar-refractivity contribution is -0.137. The molecule has 31 heavy (non-hydrogen) atoms. The Morgan fingerprint density at radius 3 is 2.52 bits per heavy atom. The number of piperidine rings is 1. The molecule has 0 spiro atoms. The fraction of sp³-hybridized carbons (Fsp3) is 0.619. The largest absolute Gasteiger partial charge is 0.416 e. The Hall–Kier alpha value is -2.35. The number of hydrogen-bond donors (Lipinski definition) is 4. The lowest BCUT2D eigenvalue weighted by atomic mass is 9.76. The summed E-state index contributed by atoms with van der Waals surface area (Å²) in [6.07, 6.45) is -1.93. The topological polar surface area (TPSA) is 100 Å². The van der Waals surface area contributed by atoms with Gasteiger partial charge in [0.2, 0.25) is 5.91 Å². The van der Waals surface area contributed by atoms with E-state index in [1.165, 1.54) is 12.1 Å². The summed E-state index contributed by atoms with van der Waals surface area (Å²) in [5, 5.41) is 27.6. The highest BCUT2D eigenvalue weighted by Crippen LogP contribution is 2.42. The Bertz CT molecular complexity index is 846. The zero-order valence-electron chi connectivity index (χ0n) is 17.0. The molecule has 168 valence electrons. The van der Waals surface area contributed by atoms with E-state index >= 15 is 0 Å². The summed E-state index contributed by atoms with van der Waals surface area (Å²) in [5.41, 5.74) is 2.61. The molecule has 3 unspecified atom stereocenters. The fourth-order valence-corrected chi connectivity index (χ4v) is 5.14. The summed E-state index contributed by atoms with van der Waals surface area (Å²) in [6, 6.07) is 6.84. The third kappa shape index (κ3) is 4.22. The molecule has 2 saturated heterocycles. The van der Waals surface area contributed by atoms with Crippen LogP contribution in [0.5, 0.6) is 0 Å². The number of hydrogen-bond acceptors (Lipinski definition) is 6. The molecular weight excluding hydrogens is 411 g/mol. The average molecular weight is 437 g/mol. The molecule has 3 aliphatic rings. The van der Waals surface area contributed by atoms with Crippen molar-refractivity contribution in [1.82, 2.24) is 15.8 Å². The zero-order valence-corrected chi connectivity index (χ0v) is 17.0. The molecule has 2 aliphatic heterocycles. The van der Waals surface area contributed by atoms with Gasteiger partial charge in [-0.3, -0.25) is 4.79 Å². The van der Waals surface area contributed by atoms with E-state index < -0.39 is 29.4 Å². The first-order chi connectivity index (χ1) is 14.7. The molecule has 0 aromatic heterocycles. The zero-order chi connectivity index (χ0) is 22.2. The molecule has 7 nitrogen and oxygen atoms in total. The summed E-state index contributed by atoms with van der Waals surface area (Å²) in [5.74, 6) is -0.586. The number of nitriles is 1. The van der Waals surface area contributed by atoms with E-state index in [1.807, 2.05) is 5.01 Å². The number of hydrazine groups is 1. The Morgan fingerprint density at radius 1 is 1.23 bits per heavy atom. The summed E-state index contributed by atoms with van der Waals surface area (Å²) in [7, 11) is 0. The highest BCUT2D eigenvalue weighted by Gasteiger charge is 2.54. The molecule has 0 radical (unpaired) electrons. The first-order valence-electron chi connectivity index (χ1n) is 10.6. The minimum absolute atomic E-state index is 0.126. The molecular formula is C21H26F3N5O2. The van der Waals surface area contributed by atoms with E-state index in [2.05, 4.69) is 22.1 Å². The van der Waals surface area contributed by atoms with Crippen LogP contribution in [-0.4, -0.2) is 46.4 Å². The van der Waals surface area contributed by atoms with Crippen LogP contribution in [0.25, 0.3) is 0 Å². The van der Waals surface area contributed by atoms with Crippen molar-refractivity contribution >= 4 is 11.6 Å². The van der Waals surface area contributed by atoms with Gasteiger partial charge in [0.1, 0.15) is 6.17 Å². The molecule has 3 atom stereocenters. The lowest BCUT2D eigenvalue weighted by Gasteiger charge is -2.47. The number of carbonyl (C=O) groups excluding carboxylic acids is 1. The van der Waals surface area contributed by atoms with Crippen LogP contribution in [0.15, 0.2) is 24.3 Å². The number of carbonyl (C=O) groups is 1. The van der Waals surface area contributed by atoms with Crippen molar-refractivity contribution in [3.8, 4) is 6.07 Å². The molecule has 1 saturated carbocycles. The number of alkyl halides is 3. The highest BCUT2D eigenvalue weighted by atomic mass is 19.4. The number of aliphatic hydroxyl groups excluding tert-OH is 1. The monoisotopic (exact) mass is 437 g/mol. The number of rotatable bonds is 4. The van der Waals surface area contributed by atoms with Gasteiger partial charge in [-0.25, -0.2) is 10.4 Å². The van der Waals surface area contributed by atoms with Crippen molar-refractivity contribution in [1.29, 1.82) is 5.26 Å². The first-order valence-corrected chi connectivity index (χ1v) is 10.6. The maximum absolute atomic E-state index is 12.9. The van der Waals surface area contributed by atoms with Crippen LogP contribution in [0.2, 0.25) is 0 Å². The Morgan fingerprint density at radius 2 is 1.90 bits per heavy atom. The van der Waals surface area contributed by atoms with E-state index in [9.17, 15) is 28.3 Å².